The minimum Gasteiger partial charge on any atom is -0.244 e. The van der Waals surface area contributed by atoms with E-state index in [1.165, 1.54) is 13.1 Å². The van der Waals surface area contributed by atoms with Crippen molar-refractivity contribution < 1.29 is 0 Å². The summed E-state index contributed by atoms with van der Waals surface area (Å²) >= 11 is 4.82. The van der Waals surface area contributed by atoms with Gasteiger partial charge in [-0.05, 0) is 13.8 Å². The third-order valence-electron chi connectivity index (χ3n) is 1.77. The molecule has 0 bridgehead atoms. The number of hydrogen-bond donors (Lipinski definition) is 0. The van der Waals surface area contributed by atoms with Crippen molar-refractivity contribution in [2.75, 3.05) is 13.1 Å². The molecule has 2 nitrogen and oxygen atoms in total. The molecule has 0 saturated carbocycles. The van der Waals surface area contributed by atoms with E-state index in [0.29, 0.717) is 12.1 Å². The maximum Gasteiger partial charge on any atom is 0.0305 e. The molecule has 0 aromatic heterocycles. The largest absolute Gasteiger partial charge is 0.244 e. The van der Waals surface area contributed by atoms with Gasteiger partial charge in [-0.15, -0.1) is 0 Å². The first-order valence-corrected chi connectivity index (χ1v) is 5.39. The third kappa shape index (κ3) is 2.18. The Kier molecular flexibility index (Phi) is 3.66. The molecule has 1 saturated heterocycles. The van der Waals surface area contributed by atoms with Gasteiger partial charge in [0.15, 0.2) is 0 Å². The smallest absolute Gasteiger partial charge is 0.0305 e. The monoisotopic (exact) mass is 366 g/mol. The molecule has 1 rings (SSSR count). The molecule has 4 heteroatoms. The topological polar surface area (TPSA) is 6.48 Å². The summed E-state index contributed by atoms with van der Waals surface area (Å²) in [6.45, 7) is 6.92. The van der Waals surface area contributed by atoms with Gasteiger partial charge < -0.3 is 0 Å². The van der Waals surface area contributed by atoms with E-state index < -0.39 is 0 Å². The Labute approximate surface area is 90.3 Å². The summed E-state index contributed by atoms with van der Waals surface area (Å²) in [5, 5.41) is 0. The van der Waals surface area contributed by atoms with Crippen LogP contribution in [0.5, 0.6) is 0 Å². The summed E-state index contributed by atoms with van der Waals surface area (Å²) < 4.78 is 4.77. The molecule has 1 aliphatic rings. The van der Waals surface area contributed by atoms with Gasteiger partial charge in [-0.3, -0.25) is 0 Å². The zero-order valence-electron chi connectivity index (χ0n) is 6.22. The highest BCUT2D eigenvalue weighted by Gasteiger charge is 2.25. The maximum atomic E-state index is 2.42. The van der Waals surface area contributed by atoms with Crippen molar-refractivity contribution in [3.05, 3.63) is 0 Å². The summed E-state index contributed by atoms with van der Waals surface area (Å²) in [6.07, 6.45) is 0. The number of halogens is 2. The molecule has 10 heavy (non-hydrogen) atoms. The first kappa shape index (κ1) is 9.47. The van der Waals surface area contributed by atoms with Crippen LogP contribution in [0.4, 0.5) is 0 Å². The Balaban J connectivity index is 2.49. The number of rotatable bonds is 0. The van der Waals surface area contributed by atoms with Crippen molar-refractivity contribution in [1.29, 1.82) is 0 Å². The van der Waals surface area contributed by atoms with E-state index in [4.69, 9.17) is 0 Å². The number of hydrogen-bond acceptors (Lipinski definition) is 2. The summed E-state index contributed by atoms with van der Waals surface area (Å²) in [4.78, 5) is 0. The van der Waals surface area contributed by atoms with Crippen LogP contribution in [0.1, 0.15) is 13.8 Å². The van der Waals surface area contributed by atoms with Crippen molar-refractivity contribution in [3.8, 4) is 0 Å². The van der Waals surface area contributed by atoms with E-state index in [0.717, 1.165) is 0 Å². The SMILES string of the molecule is C[C@@H]1CN(I)C[C@H](C)N1I. The van der Waals surface area contributed by atoms with E-state index >= 15 is 0 Å². The van der Waals surface area contributed by atoms with Gasteiger partial charge in [0.2, 0.25) is 0 Å². The molecule has 1 aliphatic heterocycles. The van der Waals surface area contributed by atoms with Crippen molar-refractivity contribution >= 4 is 45.7 Å². The van der Waals surface area contributed by atoms with Gasteiger partial charge in [-0.2, -0.15) is 0 Å². The number of piperazine rings is 1. The minimum absolute atomic E-state index is 0.696. The molecule has 1 heterocycles. The van der Waals surface area contributed by atoms with Crippen molar-refractivity contribution in [2.24, 2.45) is 0 Å². The molecule has 0 aliphatic carbocycles. The molecule has 0 unspecified atom stereocenters. The van der Waals surface area contributed by atoms with Gasteiger partial charge in [-0.25, -0.2) is 6.23 Å². The second-order valence-corrected chi connectivity index (χ2v) is 5.35. The van der Waals surface area contributed by atoms with Crippen molar-refractivity contribution in [2.45, 2.75) is 25.9 Å². The van der Waals surface area contributed by atoms with Crippen molar-refractivity contribution in [3.63, 3.8) is 0 Å². The fourth-order valence-corrected chi connectivity index (χ4v) is 2.73. The fraction of sp³-hybridized carbons (Fsp3) is 1.00. The van der Waals surface area contributed by atoms with Gasteiger partial charge in [0.25, 0.3) is 0 Å². The fourth-order valence-electron chi connectivity index (χ4n) is 1.24. The lowest BCUT2D eigenvalue weighted by molar-refractivity contribution is 0.213. The molecule has 0 spiro atoms. The van der Waals surface area contributed by atoms with E-state index in [2.05, 4.69) is 65.8 Å². The summed E-state index contributed by atoms with van der Waals surface area (Å²) in [7, 11) is 0. The molecule has 0 aromatic carbocycles. The maximum absolute atomic E-state index is 2.42. The predicted molar refractivity (Wildman–Crippen MR) is 60.4 cm³/mol. The van der Waals surface area contributed by atoms with Crippen LogP contribution in [-0.2, 0) is 0 Å². The standard InChI is InChI=1S/C6H12I2N2/c1-5-3-9(7)4-6(2)10(5)8/h5-6H,3-4H2,1-2H3/t5-,6+. The van der Waals surface area contributed by atoms with E-state index in [9.17, 15) is 0 Å². The van der Waals surface area contributed by atoms with Crippen LogP contribution in [0.15, 0.2) is 0 Å². The summed E-state index contributed by atoms with van der Waals surface area (Å²) in [6, 6.07) is 1.39. The average Bonchev–Trinajstić information content (AvgIpc) is 1.82. The number of nitrogens with zero attached hydrogens (tertiary/aromatic N) is 2. The highest BCUT2D eigenvalue weighted by Crippen LogP contribution is 2.21. The molecule has 0 N–H and O–H groups in total. The quantitative estimate of drug-likeness (QED) is 0.479. The highest BCUT2D eigenvalue weighted by atomic mass is 127. The van der Waals surface area contributed by atoms with E-state index in [1.54, 1.807) is 0 Å². The highest BCUT2D eigenvalue weighted by molar-refractivity contribution is 14.1. The molecule has 0 radical (unpaired) electrons. The van der Waals surface area contributed by atoms with Crippen LogP contribution in [0.3, 0.4) is 0 Å². The Morgan fingerprint density at radius 1 is 1.10 bits per heavy atom. The molecule has 2 atom stereocenters. The summed E-state index contributed by atoms with van der Waals surface area (Å²) in [5.74, 6) is 0. The lowest BCUT2D eigenvalue weighted by atomic mass is 10.2. The molecule has 60 valence electrons. The second kappa shape index (κ2) is 3.86. The first-order valence-electron chi connectivity index (χ1n) is 3.46. The van der Waals surface area contributed by atoms with Crippen LogP contribution in [0, 0.1) is 0 Å². The average molecular weight is 366 g/mol. The first-order chi connectivity index (χ1) is 4.61. The van der Waals surface area contributed by atoms with Gasteiger partial charge in [0, 0.05) is 70.9 Å². The Bertz CT molecular complexity index is 108. The molecule has 1 fully saturated rings. The molecular weight excluding hydrogens is 354 g/mol. The van der Waals surface area contributed by atoms with Crippen molar-refractivity contribution in [1.82, 2.24) is 6.23 Å². The predicted octanol–water partition coefficient (Wildman–Crippen LogP) is 2.08. The lowest BCUT2D eigenvalue weighted by Crippen LogP contribution is -2.48. The lowest BCUT2D eigenvalue weighted by Gasteiger charge is -2.37. The van der Waals surface area contributed by atoms with Crippen LogP contribution in [0.2, 0.25) is 0 Å². The Hall–Kier alpha value is 1.38. The zero-order chi connectivity index (χ0) is 7.72. The minimum atomic E-state index is 0.696. The van der Waals surface area contributed by atoms with Crippen LogP contribution < -0.4 is 0 Å². The molecular formula is C6H12I2N2. The Morgan fingerprint density at radius 2 is 1.50 bits per heavy atom. The third-order valence-corrected chi connectivity index (χ3v) is 4.46. The molecule has 0 amide bonds. The second-order valence-electron chi connectivity index (χ2n) is 2.87. The Morgan fingerprint density at radius 3 is 1.90 bits per heavy atom. The van der Waals surface area contributed by atoms with Crippen LogP contribution in [0.25, 0.3) is 0 Å². The van der Waals surface area contributed by atoms with Gasteiger partial charge in [0.1, 0.15) is 0 Å². The normalized spacial score (nSPS) is 38.4. The van der Waals surface area contributed by atoms with Crippen LogP contribution in [-0.4, -0.2) is 31.4 Å². The molecule has 0 aromatic rings. The van der Waals surface area contributed by atoms with Crippen LogP contribution >= 0.6 is 45.7 Å². The van der Waals surface area contributed by atoms with Gasteiger partial charge >= 0.3 is 0 Å². The van der Waals surface area contributed by atoms with Gasteiger partial charge in [0.05, 0.1) is 0 Å². The van der Waals surface area contributed by atoms with E-state index in [-0.39, 0.29) is 0 Å². The van der Waals surface area contributed by atoms with E-state index in [1.807, 2.05) is 0 Å². The van der Waals surface area contributed by atoms with Gasteiger partial charge in [-0.1, -0.05) is 0 Å². The summed E-state index contributed by atoms with van der Waals surface area (Å²) in [5.41, 5.74) is 0. The zero-order valence-corrected chi connectivity index (χ0v) is 10.5.